The fourth-order valence-electron chi connectivity index (χ4n) is 2.86. The minimum Gasteiger partial charge on any atom is -0.507 e. The van der Waals surface area contributed by atoms with E-state index in [-0.39, 0.29) is 18.0 Å². The molecule has 6 nitrogen and oxygen atoms in total. The van der Waals surface area contributed by atoms with Gasteiger partial charge in [0.25, 0.3) is 0 Å². The lowest BCUT2D eigenvalue weighted by Crippen LogP contribution is -2.18. The van der Waals surface area contributed by atoms with Gasteiger partial charge < -0.3 is 19.5 Å². The van der Waals surface area contributed by atoms with Gasteiger partial charge in [0, 0.05) is 12.4 Å². The van der Waals surface area contributed by atoms with Crippen molar-refractivity contribution in [3.63, 3.8) is 0 Å². The second-order valence-electron chi connectivity index (χ2n) is 6.01. The third kappa shape index (κ3) is 5.07. The van der Waals surface area contributed by atoms with E-state index in [1.807, 2.05) is 38.1 Å². The number of phenolic OH excluding ortho intramolecular Hbond substituents is 1. The van der Waals surface area contributed by atoms with Gasteiger partial charge in [-0.3, -0.25) is 9.55 Å². The van der Waals surface area contributed by atoms with E-state index in [1.165, 1.54) is 0 Å². The van der Waals surface area contributed by atoms with Gasteiger partial charge in [-0.05, 0) is 56.5 Å². The van der Waals surface area contributed by atoms with Crippen LogP contribution in [0.1, 0.15) is 36.6 Å². The number of phenols is 1. The molecule has 0 aliphatic rings. The molecule has 2 N–H and O–H groups in total. The van der Waals surface area contributed by atoms with E-state index in [9.17, 15) is 9.67 Å². The molecule has 0 bridgehead atoms. The first kappa shape index (κ1) is 20.4. The number of aromatic hydroxyl groups is 1. The Morgan fingerprint density at radius 3 is 2.46 bits per heavy atom. The second kappa shape index (κ2) is 9.17. The number of rotatable bonds is 9. The number of nitrogens with one attached hydrogen (secondary N) is 1. The molecule has 1 unspecified atom stereocenters. The predicted octanol–water partition coefficient (Wildman–Crippen LogP) is 4.82. The van der Waals surface area contributed by atoms with Crippen molar-refractivity contribution < 1.29 is 18.7 Å². The summed E-state index contributed by atoms with van der Waals surface area (Å²) in [4.78, 5) is 4.11. The molecule has 2 rings (SSSR count). The molecular weight excluding hydrogens is 351 g/mol. The third-order valence-corrected chi connectivity index (χ3v) is 6.23. The Morgan fingerprint density at radius 2 is 1.88 bits per heavy atom. The maximum Gasteiger partial charge on any atom is 0.333 e. The second-order valence-corrected chi connectivity index (χ2v) is 8.12. The van der Waals surface area contributed by atoms with E-state index < -0.39 is 7.60 Å². The van der Waals surface area contributed by atoms with Gasteiger partial charge in [-0.2, -0.15) is 0 Å². The zero-order valence-electron chi connectivity index (χ0n) is 15.7. The summed E-state index contributed by atoms with van der Waals surface area (Å²) in [5.41, 5.74) is 3.17. The lowest BCUT2D eigenvalue weighted by atomic mass is 9.98. The molecule has 142 valence electrons. The minimum atomic E-state index is -3.29. The largest absolute Gasteiger partial charge is 0.507 e. The molecule has 1 aromatic heterocycles. The number of aryl methyl sites for hydroxylation is 1. The molecule has 1 heterocycles. The maximum absolute atomic E-state index is 13.1. The Bertz CT molecular complexity index is 758. The summed E-state index contributed by atoms with van der Waals surface area (Å²) in [6.07, 6.45) is 3.53. The summed E-state index contributed by atoms with van der Waals surface area (Å²) in [6, 6.07) is 7.12. The third-order valence-electron chi connectivity index (χ3n) is 4.11. The first-order valence-electron chi connectivity index (χ1n) is 8.74. The highest BCUT2D eigenvalue weighted by Gasteiger charge is 2.31. The SMILES string of the molecule is CCOP(=O)(CC(Nc1cccnc1)c1ccc(C)c(O)c1C)OCC. The number of aromatic nitrogens is 1. The molecule has 0 amide bonds. The van der Waals surface area contributed by atoms with Crippen LogP contribution in [0.3, 0.4) is 0 Å². The molecule has 0 radical (unpaired) electrons. The van der Waals surface area contributed by atoms with E-state index in [4.69, 9.17) is 9.05 Å². The zero-order chi connectivity index (χ0) is 19.2. The highest BCUT2D eigenvalue weighted by Crippen LogP contribution is 2.51. The topological polar surface area (TPSA) is 80.7 Å². The monoisotopic (exact) mass is 378 g/mol. The van der Waals surface area contributed by atoms with Crippen LogP contribution >= 0.6 is 7.60 Å². The molecule has 0 spiro atoms. The number of hydrogen-bond donors (Lipinski definition) is 2. The molecular formula is C19H27N2O4P. The minimum absolute atomic E-state index is 0.146. The molecule has 26 heavy (non-hydrogen) atoms. The van der Waals surface area contributed by atoms with E-state index in [0.717, 1.165) is 22.4 Å². The van der Waals surface area contributed by atoms with E-state index in [1.54, 1.807) is 26.2 Å². The van der Waals surface area contributed by atoms with Crippen molar-refractivity contribution in [1.29, 1.82) is 0 Å². The van der Waals surface area contributed by atoms with Crippen molar-refractivity contribution >= 4 is 13.3 Å². The summed E-state index contributed by atoms with van der Waals surface area (Å²) >= 11 is 0. The van der Waals surface area contributed by atoms with Crippen molar-refractivity contribution in [3.8, 4) is 5.75 Å². The van der Waals surface area contributed by atoms with E-state index >= 15 is 0 Å². The zero-order valence-corrected chi connectivity index (χ0v) is 16.6. The first-order valence-corrected chi connectivity index (χ1v) is 10.5. The fraction of sp³-hybridized carbons (Fsp3) is 0.421. The van der Waals surface area contributed by atoms with Gasteiger partial charge in [0.2, 0.25) is 0 Å². The van der Waals surface area contributed by atoms with Crippen LogP contribution in [0, 0.1) is 13.8 Å². The molecule has 0 fully saturated rings. The number of benzene rings is 1. The molecule has 1 aromatic carbocycles. The molecule has 0 aliphatic carbocycles. The Hall–Kier alpha value is -1.88. The molecule has 1 atom stereocenters. The van der Waals surface area contributed by atoms with Gasteiger partial charge in [0.15, 0.2) is 0 Å². The highest BCUT2D eigenvalue weighted by atomic mass is 31.2. The van der Waals surface area contributed by atoms with Gasteiger partial charge >= 0.3 is 7.60 Å². The molecule has 0 saturated heterocycles. The van der Waals surface area contributed by atoms with Crippen molar-refractivity contribution in [2.45, 2.75) is 33.7 Å². The van der Waals surface area contributed by atoms with Gasteiger partial charge in [-0.25, -0.2) is 0 Å². The number of nitrogens with zero attached hydrogens (tertiary/aromatic N) is 1. The summed E-state index contributed by atoms with van der Waals surface area (Å²) in [5, 5.41) is 13.7. The Morgan fingerprint density at radius 1 is 1.19 bits per heavy atom. The van der Waals surface area contributed by atoms with Crippen LogP contribution in [0.4, 0.5) is 5.69 Å². The lowest BCUT2D eigenvalue weighted by Gasteiger charge is -2.26. The highest BCUT2D eigenvalue weighted by molar-refractivity contribution is 7.53. The number of pyridine rings is 1. The van der Waals surface area contributed by atoms with E-state index in [0.29, 0.717) is 13.2 Å². The number of hydrogen-bond acceptors (Lipinski definition) is 6. The Balaban J connectivity index is 2.42. The van der Waals surface area contributed by atoms with Crippen molar-refractivity contribution in [2.24, 2.45) is 0 Å². The van der Waals surface area contributed by atoms with Gasteiger partial charge in [0.05, 0.1) is 31.1 Å². The van der Waals surface area contributed by atoms with Gasteiger partial charge in [0.1, 0.15) is 5.75 Å². The summed E-state index contributed by atoms with van der Waals surface area (Å²) < 4.78 is 24.0. The van der Waals surface area contributed by atoms with Crippen LogP contribution < -0.4 is 5.32 Å². The van der Waals surface area contributed by atoms with Gasteiger partial charge in [-0.15, -0.1) is 0 Å². The van der Waals surface area contributed by atoms with Gasteiger partial charge in [-0.1, -0.05) is 12.1 Å². The van der Waals surface area contributed by atoms with Crippen molar-refractivity contribution in [3.05, 3.63) is 53.3 Å². The van der Waals surface area contributed by atoms with Crippen LogP contribution in [0.5, 0.6) is 5.75 Å². The van der Waals surface area contributed by atoms with E-state index in [2.05, 4.69) is 10.3 Å². The van der Waals surface area contributed by atoms with Crippen LogP contribution in [-0.2, 0) is 13.6 Å². The average Bonchev–Trinajstić information content (AvgIpc) is 2.60. The normalized spacial score (nSPS) is 12.8. The van der Waals surface area contributed by atoms with Crippen molar-refractivity contribution in [1.82, 2.24) is 4.98 Å². The van der Waals surface area contributed by atoms with Crippen molar-refractivity contribution in [2.75, 3.05) is 24.7 Å². The first-order chi connectivity index (χ1) is 12.4. The summed E-state index contributed by atoms with van der Waals surface area (Å²) in [6.45, 7) is 7.88. The summed E-state index contributed by atoms with van der Waals surface area (Å²) in [7, 11) is -3.29. The summed E-state index contributed by atoms with van der Waals surface area (Å²) in [5.74, 6) is 0.239. The smallest absolute Gasteiger partial charge is 0.333 e. The molecule has 0 aliphatic heterocycles. The standard InChI is InChI=1S/C19H27N2O4P/c1-5-24-26(23,25-6-2)13-18(21-16-8-7-11-20-12-16)17-10-9-14(3)19(22)15(17)4/h7-12,18,21-22H,5-6,13H2,1-4H3. The van der Waals surface area contributed by atoms with Crippen LogP contribution in [-0.4, -0.2) is 29.5 Å². The molecule has 2 aromatic rings. The fourth-order valence-corrected chi connectivity index (χ4v) is 4.67. The van der Waals surface area contributed by atoms with Crippen LogP contribution in [0.15, 0.2) is 36.7 Å². The Kier molecular flexibility index (Phi) is 7.21. The lowest BCUT2D eigenvalue weighted by molar-refractivity contribution is 0.219. The van der Waals surface area contributed by atoms with Crippen LogP contribution in [0.25, 0.3) is 0 Å². The predicted molar refractivity (Wildman–Crippen MR) is 104 cm³/mol. The molecule has 7 heteroatoms. The average molecular weight is 378 g/mol. The van der Waals surface area contributed by atoms with Crippen LogP contribution in [0.2, 0.25) is 0 Å². The maximum atomic E-state index is 13.1. The number of anilines is 1. The quantitative estimate of drug-likeness (QED) is 0.609. The molecule has 0 saturated carbocycles. The Labute approximate surface area is 155 Å².